The second-order valence-corrected chi connectivity index (χ2v) is 5.77. The second-order valence-electron chi connectivity index (χ2n) is 4.65. The molecule has 0 N–H and O–H groups in total. The van der Waals surface area contributed by atoms with E-state index in [2.05, 4.69) is 32.0 Å². The average Bonchev–Trinajstić information content (AvgIpc) is 2.84. The largest absolute Gasteiger partial charge is 0.481 e. The van der Waals surface area contributed by atoms with Gasteiger partial charge in [0.25, 0.3) is 0 Å². The predicted octanol–water partition coefficient (Wildman–Crippen LogP) is 4.24. The first kappa shape index (κ1) is 14.4. The third kappa shape index (κ3) is 2.51. The van der Waals surface area contributed by atoms with Gasteiger partial charge in [0.2, 0.25) is 5.88 Å². The van der Waals surface area contributed by atoms with E-state index in [9.17, 15) is 0 Å². The van der Waals surface area contributed by atoms with Gasteiger partial charge in [0.1, 0.15) is 11.3 Å². The Morgan fingerprint density at radius 1 is 1.24 bits per heavy atom. The maximum absolute atomic E-state index is 6.05. The minimum Gasteiger partial charge on any atom is -0.481 e. The van der Waals surface area contributed by atoms with Crippen molar-refractivity contribution in [2.45, 2.75) is 12.8 Å². The van der Waals surface area contributed by atoms with Gasteiger partial charge in [0.05, 0.1) is 18.7 Å². The lowest BCUT2D eigenvalue weighted by atomic mass is 10.2. The molecule has 4 nitrogen and oxygen atoms in total. The zero-order chi connectivity index (χ0) is 15.0. The highest BCUT2D eigenvalue weighted by Gasteiger charge is 2.15. The smallest absolute Gasteiger partial charge is 0.215 e. The Morgan fingerprint density at radius 3 is 2.71 bits per heavy atom. The van der Waals surface area contributed by atoms with Gasteiger partial charge < -0.3 is 4.74 Å². The molecule has 2 heterocycles. The zero-order valence-electron chi connectivity index (χ0n) is 11.6. The second kappa shape index (κ2) is 5.66. The number of methoxy groups -OCH3 is 1. The predicted molar refractivity (Wildman–Crippen MR) is 87.4 cm³/mol. The molecule has 0 amide bonds. The average molecular weight is 367 g/mol. The van der Waals surface area contributed by atoms with Crippen LogP contribution in [0.5, 0.6) is 5.88 Å². The molecule has 3 aromatic rings. The number of hydrogen-bond acceptors (Lipinski definition) is 3. The summed E-state index contributed by atoms with van der Waals surface area (Å²) in [6.07, 6.45) is 0. The molecule has 0 atom stereocenters. The number of aromatic nitrogens is 3. The van der Waals surface area contributed by atoms with Gasteiger partial charge in [-0.3, -0.25) is 4.57 Å². The van der Waals surface area contributed by atoms with Crippen LogP contribution in [0.25, 0.3) is 16.9 Å². The first-order valence-corrected chi connectivity index (χ1v) is 7.71. The number of nitrogens with zero attached hydrogens (tertiary/aromatic N) is 3. The Hall–Kier alpha value is -1.59. The molecule has 108 valence electrons. The third-order valence-corrected chi connectivity index (χ3v) is 4.10. The molecule has 21 heavy (non-hydrogen) atoms. The van der Waals surface area contributed by atoms with Crippen molar-refractivity contribution in [3.63, 3.8) is 0 Å². The van der Waals surface area contributed by atoms with Crippen molar-refractivity contribution in [1.29, 1.82) is 0 Å². The van der Waals surface area contributed by atoms with Crippen molar-refractivity contribution >= 4 is 38.7 Å². The third-order valence-electron chi connectivity index (χ3n) is 3.22. The number of fused-ring (bicyclic) bond motifs is 1. The van der Waals surface area contributed by atoms with E-state index in [0.29, 0.717) is 11.8 Å². The van der Waals surface area contributed by atoms with Crippen LogP contribution in [0.3, 0.4) is 0 Å². The van der Waals surface area contributed by atoms with Crippen molar-refractivity contribution in [2.75, 3.05) is 7.11 Å². The first-order chi connectivity index (χ1) is 10.1. The van der Waals surface area contributed by atoms with E-state index in [-0.39, 0.29) is 0 Å². The van der Waals surface area contributed by atoms with E-state index in [0.717, 1.165) is 27.1 Å². The number of aryl methyl sites for hydroxylation is 1. The highest BCUT2D eigenvalue weighted by molar-refractivity contribution is 9.10. The normalized spacial score (nSPS) is 11.0. The lowest BCUT2D eigenvalue weighted by Crippen LogP contribution is -2.02. The Kier molecular flexibility index (Phi) is 3.87. The molecule has 6 heteroatoms. The fourth-order valence-corrected chi connectivity index (χ4v) is 3.09. The van der Waals surface area contributed by atoms with Gasteiger partial charge in [0, 0.05) is 10.5 Å². The molecular formula is C15H13BrClN3O. The fourth-order valence-electron chi connectivity index (χ4n) is 2.24. The maximum atomic E-state index is 6.05. The van der Waals surface area contributed by atoms with Crippen molar-refractivity contribution < 1.29 is 4.74 Å². The van der Waals surface area contributed by atoms with E-state index in [1.165, 1.54) is 5.56 Å². The van der Waals surface area contributed by atoms with Crippen LogP contribution < -0.4 is 4.74 Å². The quantitative estimate of drug-likeness (QED) is 0.651. The molecule has 3 rings (SSSR count). The summed E-state index contributed by atoms with van der Waals surface area (Å²) in [6.45, 7) is 2.05. The molecule has 0 saturated carbocycles. The fraction of sp³-hybridized carbons (Fsp3) is 0.200. The Bertz CT molecular complexity index is 816. The van der Waals surface area contributed by atoms with Gasteiger partial charge in [-0.2, -0.15) is 4.98 Å². The summed E-state index contributed by atoms with van der Waals surface area (Å²) < 4.78 is 8.13. The Morgan fingerprint density at radius 2 is 2.05 bits per heavy atom. The van der Waals surface area contributed by atoms with Crippen molar-refractivity contribution in [2.24, 2.45) is 0 Å². The van der Waals surface area contributed by atoms with Crippen LogP contribution in [0, 0.1) is 6.92 Å². The molecule has 0 aliphatic rings. The molecular weight excluding hydrogens is 354 g/mol. The topological polar surface area (TPSA) is 39.9 Å². The number of hydrogen-bond donors (Lipinski definition) is 0. The van der Waals surface area contributed by atoms with Crippen LogP contribution in [0.15, 0.2) is 34.8 Å². The summed E-state index contributed by atoms with van der Waals surface area (Å²) in [5, 5.41) is 0. The summed E-state index contributed by atoms with van der Waals surface area (Å²) in [4.78, 5) is 9.04. The molecule has 0 aliphatic heterocycles. The van der Waals surface area contributed by atoms with Crippen molar-refractivity contribution in [3.8, 4) is 11.6 Å². The van der Waals surface area contributed by atoms with Crippen LogP contribution in [0.1, 0.15) is 11.4 Å². The number of benzene rings is 1. The molecule has 0 radical (unpaired) electrons. The van der Waals surface area contributed by atoms with E-state index >= 15 is 0 Å². The van der Waals surface area contributed by atoms with Gasteiger partial charge in [-0.15, -0.1) is 11.6 Å². The van der Waals surface area contributed by atoms with Crippen molar-refractivity contribution in [1.82, 2.24) is 14.5 Å². The van der Waals surface area contributed by atoms with E-state index in [1.54, 1.807) is 13.2 Å². The minimum absolute atomic E-state index is 0.305. The SMILES string of the molecule is COc1ccc2nc(CCl)n(-c3ccc(C)cc3Br)c2n1. The summed E-state index contributed by atoms with van der Waals surface area (Å²) in [5.74, 6) is 1.60. The van der Waals surface area contributed by atoms with Crippen LogP contribution >= 0.6 is 27.5 Å². The van der Waals surface area contributed by atoms with Gasteiger partial charge in [0.15, 0.2) is 5.65 Å². The molecule has 0 bridgehead atoms. The van der Waals surface area contributed by atoms with E-state index in [1.807, 2.05) is 29.7 Å². The Labute approximate surface area is 135 Å². The van der Waals surface area contributed by atoms with Crippen LogP contribution in [-0.4, -0.2) is 21.6 Å². The van der Waals surface area contributed by atoms with E-state index < -0.39 is 0 Å². The molecule has 1 aromatic carbocycles. The highest BCUT2D eigenvalue weighted by atomic mass is 79.9. The summed E-state index contributed by atoms with van der Waals surface area (Å²) in [6, 6.07) is 9.80. The van der Waals surface area contributed by atoms with Crippen molar-refractivity contribution in [3.05, 3.63) is 46.2 Å². The van der Waals surface area contributed by atoms with Crippen LogP contribution in [-0.2, 0) is 5.88 Å². The standard InChI is InChI=1S/C15H13BrClN3O/c1-9-3-5-12(10(16)7-9)20-13(8-17)18-11-4-6-14(21-2)19-15(11)20/h3-7H,8H2,1-2H3. The Balaban J connectivity index is 2.33. The number of imidazole rings is 1. The molecule has 0 saturated heterocycles. The maximum Gasteiger partial charge on any atom is 0.215 e. The molecule has 0 spiro atoms. The van der Waals surface area contributed by atoms with Crippen LogP contribution in [0.4, 0.5) is 0 Å². The number of alkyl halides is 1. The van der Waals surface area contributed by atoms with Crippen LogP contribution in [0.2, 0.25) is 0 Å². The monoisotopic (exact) mass is 365 g/mol. The number of halogens is 2. The first-order valence-electron chi connectivity index (χ1n) is 6.39. The summed E-state index contributed by atoms with van der Waals surface area (Å²) >= 11 is 9.66. The minimum atomic E-state index is 0.305. The van der Waals surface area contributed by atoms with Gasteiger partial charge in [-0.25, -0.2) is 4.98 Å². The number of rotatable bonds is 3. The van der Waals surface area contributed by atoms with Gasteiger partial charge in [-0.05, 0) is 46.6 Å². The summed E-state index contributed by atoms with van der Waals surface area (Å²) in [5.41, 5.74) is 3.65. The highest BCUT2D eigenvalue weighted by Crippen LogP contribution is 2.28. The van der Waals surface area contributed by atoms with Gasteiger partial charge >= 0.3 is 0 Å². The molecule has 0 unspecified atom stereocenters. The lowest BCUT2D eigenvalue weighted by Gasteiger charge is -2.10. The number of ether oxygens (including phenoxy) is 1. The zero-order valence-corrected chi connectivity index (χ0v) is 13.9. The molecule has 2 aromatic heterocycles. The lowest BCUT2D eigenvalue weighted by molar-refractivity contribution is 0.399. The number of pyridine rings is 1. The van der Waals surface area contributed by atoms with Gasteiger partial charge in [-0.1, -0.05) is 6.07 Å². The van der Waals surface area contributed by atoms with E-state index in [4.69, 9.17) is 16.3 Å². The molecule has 0 aliphatic carbocycles. The molecule has 0 fully saturated rings. The summed E-state index contributed by atoms with van der Waals surface area (Å²) in [7, 11) is 1.60.